The van der Waals surface area contributed by atoms with E-state index in [1.54, 1.807) is 6.92 Å². The predicted octanol–water partition coefficient (Wildman–Crippen LogP) is 1.49. The van der Waals surface area contributed by atoms with E-state index in [0.29, 0.717) is 22.1 Å². The topological polar surface area (TPSA) is 139 Å². The number of non-ortho nitro benzene ring substituents is 1. The number of nitro benzene ring substituents is 1. The summed E-state index contributed by atoms with van der Waals surface area (Å²) < 4.78 is 0. The van der Waals surface area contributed by atoms with Gasteiger partial charge < -0.3 is 5.32 Å². The third kappa shape index (κ3) is 5.73. The highest BCUT2D eigenvalue weighted by Gasteiger charge is 2.10. The van der Waals surface area contributed by atoms with Gasteiger partial charge in [0.2, 0.25) is 16.9 Å². The lowest BCUT2D eigenvalue weighted by Gasteiger charge is -1.97. The summed E-state index contributed by atoms with van der Waals surface area (Å²) in [6.07, 6.45) is 1.67. The van der Waals surface area contributed by atoms with Crippen LogP contribution in [0.15, 0.2) is 29.4 Å². The Morgan fingerprint density at radius 3 is 2.64 bits per heavy atom. The molecular weight excluding hydrogens is 348 g/mol. The molecule has 0 unspecified atom stereocenters. The minimum absolute atomic E-state index is 0.0246. The van der Waals surface area contributed by atoms with Gasteiger partial charge in [-0.25, -0.2) is 5.43 Å². The molecule has 0 aliphatic rings. The molecule has 2 amide bonds. The highest BCUT2D eigenvalue weighted by Crippen LogP contribution is 2.15. The Morgan fingerprint density at radius 1 is 1.28 bits per heavy atom. The van der Waals surface area contributed by atoms with E-state index in [-0.39, 0.29) is 18.0 Å². The van der Waals surface area contributed by atoms with E-state index in [0.717, 1.165) is 11.3 Å². The Kier molecular flexibility index (Phi) is 6.23. The number of carbonyl (C=O) groups excluding carboxylic acids is 2. The van der Waals surface area contributed by atoms with Crippen molar-refractivity contribution in [2.75, 3.05) is 5.32 Å². The molecule has 10 nitrogen and oxygen atoms in total. The van der Waals surface area contributed by atoms with E-state index < -0.39 is 10.8 Å². The van der Waals surface area contributed by atoms with Crippen molar-refractivity contribution >= 4 is 40.2 Å². The smallest absolute Gasteiger partial charge is 0.269 e. The van der Waals surface area contributed by atoms with Gasteiger partial charge in [0.15, 0.2) is 0 Å². The molecule has 2 aromatic rings. The second kappa shape index (κ2) is 8.59. The molecule has 2 rings (SSSR count). The normalized spacial score (nSPS) is 10.6. The molecule has 25 heavy (non-hydrogen) atoms. The van der Waals surface area contributed by atoms with Crippen LogP contribution >= 0.6 is 11.3 Å². The summed E-state index contributed by atoms with van der Waals surface area (Å²) in [6, 6.07) is 5.72. The van der Waals surface area contributed by atoms with Gasteiger partial charge in [0.05, 0.1) is 17.6 Å². The van der Waals surface area contributed by atoms with Crippen molar-refractivity contribution in [3.63, 3.8) is 0 Å². The van der Waals surface area contributed by atoms with E-state index in [4.69, 9.17) is 0 Å². The SMILES string of the molecule is CCC(=O)Nc1nnc(CC(=O)N/N=C\c2ccc([N+](=O)[O-])cc2)s1. The van der Waals surface area contributed by atoms with Crippen molar-refractivity contribution in [2.24, 2.45) is 5.10 Å². The summed E-state index contributed by atoms with van der Waals surface area (Å²) in [4.78, 5) is 33.1. The monoisotopic (exact) mass is 362 g/mol. The summed E-state index contributed by atoms with van der Waals surface area (Å²) in [5, 5.41) is 25.2. The van der Waals surface area contributed by atoms with E-state index >= 15 is 0 Å². The van der Waals surface area contributed by atoms with Crippen molar-refractivity contribution in [1.29, 1.82) is 0 Å². The predicted molar refractivity (Wildman–Crippen MR) is 91.4 cm³/mol. The Labute approximate surface area is 146 Å². The third-order valence-electron chi connectivity index (χ3n) is 2.85. The van der Waals surface area contributed by atoms with E-state index in [9.17, 15) is 19.7 Å². The van der Waals surface area contributed by atoms with Crippen LogP contribution in [0.5, 0.6) is 0 Å². The third-order valence-corrected chi connectivity index (χ3v) is 3.69. The number of rotatable bonds is 7. The first-order valence-corrected chi connectivity index (χ1v) is 7.98. The molecule has 0 atom stereocenters. The van der Waals surface area contributed by atoms with Crippen LogP contribution in [0.4, 0.5) is 10.8 Å². The van der Waals surface area contributed by atoms with Crippen molar-refractivity contribution in [2.45, 2.75) is 19.8 Å². The van der Waals surface area contributed by atoms with Crippen molar-refractivity contribution in [1.82, 2.24) is 15.6 Å². The zero-order chi connectivity index (χ0) is 18.2. The fourth-order valence-electron chi connectivity index (χ4n) is 1.62. The minimum Gasteiger partial charge on any atom is -0.301 e. The van der Waals surface area contributed by atoms with E-state index in [2.05, 4.69) is 26.0 Å². The molecule has 0 aliphatic heterocycles. The highest BCUT2D eigenvalue weighted by molar-refractivity contribution is 7.15. The molecule has 2 N–H and O–H groups in total. The highest BCUT2D eigenvalue weighted by atomic mass is 32.1. The molecule has 1 aromatic heterocycles. The summed E-state index contributed by atoms with van der Waals surface area (Å²) in [5.74, 6) is -0.581. The zero-order valence-corrected chi connectivity index (χ0v) is 13.9. The number of hydrogen-bond acceptors (Lipinski definition) is 8. The number of nitrogens with zero attached hydrogens (tertiary/aromatic N) is 4. The Morgan fingerprint density at radius 2 is 2.00 bits per heavy atom. The number of nitrogens with one attached hydrogen (secondary N) is 2. The number of nitro groups is 1. The summed E-state index contributed by atoms with van der Waals surface area (Å²) in [6.45, 7) is 1.72. The van der Waals surface area contributed by atoms with Gasteiger partial charge in [-0.05, 0) is 17.7 Å². The van der Waals surface area contributed by atoms with Crippen LogP contribution in [-0.4, -0.2) is 33.1 Å². The van der Waals surface area contributed by atoms with Crippen LogP contribution in [0.2, 0.25) is 0 Å². The Bertz CT molecular complexity index is 802. The lowest BCUT2D eigenvalue weighted by atomic mass is 10.2. The maximum Gasteiger partial charge on any atom is 0.269 e. The molecule has 0 spiro atoms. The minimum atomic E-state index is -0.498. The molecule has 0 radical (unpaired) electrons. The average molecular weight is 362 g/mol. The molecule has 1 heterocycles. The van der Waals surface area contributed by atoms with Gasteiger partial charge >= 0.3 is 0 Å². The van der Waals surface area contributed by atoms with Crippen LogP contribution in [0.3, 0.4) is 0 Å². The Hall–Kier alpha value is -3.21. The number of carbonyl (C=O) groups is 2. The van der Waals surface area contributed by atoms with Crippen LogP contribution in [-0.2, 0) is 16.0 Å². The van der Waals surface area contributed by atoms with Crippen LogP contribution in [0.25, 0.3) is 0 Å². The number of amides is 2. The van der Waals surface area contributed by atoms with Gasteiger partial charge in [0.25, 0.3) is 5.69 Å². The Balaban J connectivity index is 1.84. The molecule has 1 aromatic carbocycles. The molecule has 11 heteroatoms. The first-order chi connectivity index (χ1) is 12.0. The number of anilines is 1. The molecule has 0 bridgehead atoms. The standard InChI is InChI=1S/C14H14N6O4S/c1-2-11(21)16-14-19-18-13(25-14)7-12(22)17-15-8-9-3-5-10(6-4-9)20(23)24/h3-6,8H,2,7H2,1H3,(H,17,22)(H,16,19,21)/b15-8-. The van der Waals surface area contributed by atoms with E-state index in [1.165, 1.54) is 30.5 Å². The molecule has 0 saturated carbocycles. The first kappa shape index (κ1) is 18.1. The molecule has 130 valence electrons. The van der Waals surface area contributed by atoms with Gasteiger partial charge in [-0.1, -0.05) is 18.3 Å². The van der Waals surface area contributed by atoms with Crippen LogP contribution in [0, 0.1) is 10.1 Å². The number of benzene rings is 1. The van der Waals surface area contributed by atoms with Gasteiger partial charge in [-0.3, -0.25) is 19.7 Å². The van der Waals surface area contributed by atoms with Gasteiger partial charge in [-0.15, -0.1) is 10.2 Å². The second-order valence-electron chi connectivity index (χ2n) is 4.72. The maximum atomic E-state index is 11.8. The molecule has 0 saturated heterocycles. The molecule has 0 aliphatic carbocycles. The van der Waals surface area contributed by atoms with E-state index in [1.807, 2.05) is 0 Å². The van der Waals surface area contributed by atoms with Crippen LogP contribution < -0.4 is 10.7 Å². The average Bonchev–Trinajstić information content (AvgIpc) is 3.01. The van der Waals surface area contributed by atoms with Gasteiger partial charge in [0.1, 0.15) is 5.01 Å². The summed E-state index contributed by atoms with van der Waals surface area (Å²) >= 11 is 1.11. The van der Waals surface area contributed by atoms with Crippen LogP contribution in [0.1, 0.15) is 23.9 Å². The second-order valence-corrected chi connectivity index (χ2v) is 5.78. The summed E-state index contributed by atoms with van der Waals surface area (Å²) in [7, 11) is 0. The molecule has 0 fully saturated rings. The first-order valence-electron chi connectivity index (χ1n) is 7.16. The quantitative estimate of drug-likeness (QED) is 0.434. The van der Waals surface area contributed by atoms with Gasteiger partial charge in [-0.2, -0.15) is 5.10 Å². The van der Waals surface area contributed by atoms with Crippen molar-refractivity contribution in [3.8, 4) is 0 Å². The largest absolute Gasteiger partial charge is 0.301 e. The molecular formula is C14H14N6O4S. The van der Waals surface area contributed by atoms with Crippen molar-refractivity contribution in [3.05, 3.63) is 45.0 Å². The van der Waals surface area contributed by atoms with Gasteiger partial charge in [0, 0.05) is 18.6 Å². The fourth-order valence-corrected chi connectivity index (χ4v) is 2.38. The lowest BCUT2D eigenvalue weighted by Crippen LogP contribution is -2.19. The maximum absolute atomic E-state index is 11.8. The number of aromatic nitrogens is 2. The lowest BCUT2D eigenvalue weighted by molar-refractivity contribution is -0.384. The summed E-state index contributed by atoms with van der Waals surface area (Å²) in [5.41, 5.74) is 2.90. The van der Waals surface area contributed by atoms with Crippen molar-refractivity contribution < 1.29 is 14.5 Å². The fraction of sp³-hybridized carbons (Fsp3) is 0.214. The zero-order valence-electron chi connectivity index (χ0n) is 13.1. The number of hydrazone groups is 1. The number of hydrogen-bond donors (Lipinski definition) is 2.